The summed E-state index contributed by atoms with van der Waals surface area (Å²) in [5.74, 6) is -0.313. The van der Waals surface area contributed by atoms with Crippen molar-refractivity contribution in [1.29, 1.82) is 0 Å². The van der Waals surface area contributed by atoms with Gasteiger partial charge in [0, 0.05) is 11.4 Å². The fraction of sp³-hybridized carbons (Fsp3) is 0.100. The first-order chi connectivity index (χ1) is 7.16. The zero-order valence-corrected chi connectivity index (χ0v) is 8.55. The van der Waals surface area contributed by atoms with Crippen molar-refractivity contribution in [3.05, 3.63) is 46.5 Å². The molecule has 1 aromatic carbocycles. The highest BCUT2D eigenvalue weighted by molar-refractivity contribution is 6.31. The van der Waals surface area contributed by atoms with Gasteiger partial charge in [-0.05, 0) is 23.8 Å². The number of nitrogens with zero attached hydrogens (tertiary/aromatic N) is 1. The van der Waals surface area contributed by atoms with E-state index in [0.717, 1.165) is 5.69 Å². The summed E-state index contributed by atoms with van der Waals surface area (Å²) in [5.41, 5.74) is 7.62. The highest BCUT2D eigenvalue weighted by Crippen LogP contribution is 2.21. The van der Waals surface area contributed by atoms with Crippen molar-refractivity contribution in [2.75, 3.05) is 5.73 Å². The molecular weight excluding hydrogens is 217 g/mol. The van der Waals surface area contributed by atoms with Crippen LogP contribution < -0.4 is 5.73 Å². The van der Waals surface area contributed by atoms with Crippen LogP contribution in [0.15, 0.2) is 24.4 Å². The van der Waals surface area contributed by atoms with Gasteiger partial charge in [-0.1, -0.05) is 11.6 Å². The third kappa shape index (κ3) is 2.10. The summed E-state index contributed by atoms with van der Waals surface area (Å²) in [7, 11) is 0. The Balaban J connectivity index is 2.32. The molecule has 3 nitrogen and oxygen atoms in total. The topological polar surface area (TPSA) is 54.7 Å². The van der Waals surface area contributed by atoms with Gasteiger partial charge in [-0.3, -0.25) is 5.10 Å². The minimum Gasteiger partial charge on any atom is -0.396 e. The molecule has 3 N–H and O–H groups in total. The molecule has 15 heavy (non-hydrogen) atoms. The molecule has 5 heteroatoms. The van der Waals surface area contributed by atoms with Crippen molar-refractivity contribution >= 4 is 17.3 Å². The maximum atomic E-state index is 13.0. The zero-order valence-electron chi connectivity index (χ0n) is 7.80. The first kappa shape index (κ1) is 9.98. The van der Waals surface area contributed by atoms with E-state index in [0.29, 0.717) is 22.7 Å². The molecule has 0 fully saturated rings. The Bertz CT molecular complexity index is 481. The van der Waals surface area contributed by atoms with Crippen LogP contribution >= 0.6 is 11.6 Å². The molecule has 0 radical (unpaired) electrons. The number of hydrogen-bond donors (Lipinski definition) is 2. The second kappa shape index (κ2) is 3.90. The lowest BCUT2D eigenvalue weighted by Gasteiger charge is -2.03. The van der Waals surface area contributed by atoms with E-state index in [9.17, 15) is 4.39 Å². The Morgan fingerprint density at radius 2 is 2.27 bits per heavy atom. The lowest BCUT2D eigenvalue weighted by atomic mass is 10.1. The molecule has 0 saturated heterocycles. The van der Waals surface area contributed by atoms with Gasteiger partial charge in [0.2, 0.25) is 0 Å². The summed E-state index contributed by atoms with van der Waals surface area (Å²) < 4.78 is 13.0. The minimum absolute atomic E-state index is 0.313. The van der Waals surface area contributed by atoms with Crippen LogP contribution in [0.5, 0.6) is 0 Å². The first-order valence-corrected chi connectivity index (χ1v) is 4.76. The number of halogens is 2. The quantitative estimate of drug-likeness (QED) is 0.825. The summed E-state index contributed by atoms with van der Waals surface area (Å²) in [6.07, 6.45) is 1.96. The number of H-pyrrole nitrogens is 1. The van der Waals surface area contributed by atoms with Crippen molar-refractivity contribution in [3.63, 3.8) is 0 Å². The Labute approximate surface area is 91.1 Å². The number of nitrogen functional groups attached to an aromatic ring is 1. The monoisotopic (exact) mass is 225 g/mol. The lowest BCUT2D eigenvalue weighted by molar-refractivity contribution is 0.626. The van der Waals surface area contributed by atoms with E-state index in [1.165, 1.54) is 24.4 Å². The van der Waals surface area contributed by atoms with Gasteiger partial charge < -0.3 is 5.73 Å². The Hall–Kier alpha value is -1.55. The van der Waals surface area contributed by atoms with Gasteiger partial charge in [0.15, 0.2) is 0 Å². The molecule has 1 aromatic heterocycles. The summed E-state index contributed by atoms with van der Waals surface area (Å²) in [5, 5.41) is 7.05. The average Bonchev–Trinajstić information content (AvgIpc) is 2.58. The van der Waals surface area contributed by atoms with Gasteiger partial charge in [0.1, 0.15) is 5.82 Å². The smallest absolute Gasteiger partial charge is 0.123 e. The highest BCUT2D eigenvalue weighted by Gasteiger charge is 2.07. The highest BCUT2D eigenvalue weighted by atomic mass is 35.5. The molecule has 78 valence electrons. The number of benzene rings is 1. The summed E-state index contributed by atoms with van der Waals surface area (Å²) in [6, 6.07) is 4.24. The third-order valence-electron chi connectivity index (χ3n) is 2.13. The predicted octanol–water partition coefficient (Wildman–Crippen LogP) is 2.38. The fourth-order valence-corrected chi connectivity index (χ4v) is 1.52. The number of rotatable bonds is 2. The summed E-state index contributed by atoms with van der Waals surface area (Å²) in [4.78, 5) is 0. The van der Waals surface area contributed by atoms with Crippen LogP contribution in [0.25, 0.3) is 0 Å². The second-order valence-electron chi connectivity index (χ2n) is 3.22. The number of nitrogens with two attached hydrogens (primary N) is 1. The Morgan fingerprint density at radius 3 is 2.93 bits per heavy atom. The largest absolute Gasteiger partial charge is 0.396 e. The summed E-state index contributed by atoms with van der Waals surface area (Å²) >= 11 is 5.92. The van der Waals surface area contributed by atoms with Crippen LogP contribution in [-0.4, -0.2) is 10.2 Å². The number of nitrogens with one attached hydrogen (secondary N) is 1. The van der Waals surface area contributed by atoms with Crippen LogP contribution in [0, 0.1) is 5.82 Å². The van der Waals surface area contributed by atoms with E-state index in [-0.39, 0.29) is 5.82 Å². The molecular formula is C10H9ClFN3. The van der Waals surface area contributed by atoms with Crippen molar-refractivity contribution in [1.82, 2.24) is 10.2 Å². The number of hydrogen-bond acceptors (Lipinski definition) is 2. The molecule has 0 saturated carbocycles. The molecule has 0 aliphatic carbocycles. The van der Waals surface area contributed by atoms with Gasteiger partial charge >= 0.3 is 0 Å². The van der Waals surface area contributed by atoms with E-state index in [4.69, 9.17) is 17.3 Å². The van der Waals surface area contributed by atoms with Gasteiger partial charge in [-0.2, -0.15) is 5.10 Å². The molecule has 1 heterocycles. The summed E-state index contributed by atoms with van der Waals surface area (Å²) in [6.45, 7) is 0. The number of aromatic nitrogens is 2. The van der Waals surface area contributed by atoms with E-state index < -0.39 is 0 Å². The van der Waals surface area contributed by atoms with Gasteiger partial charge in [0.05, 0.1) is 17.6 Å². The standard InChI is InChI=1S/C10H9ClFN3/c11-8-2-1-7(12)3-6(8)4-10-9(13)5-14-15-10/h1-3,5H,4,13H2,(H,14,15). The van der Waals surface area contributed by atoms with Crippen molar-refractivity contribution < 1.29 is 4.39 Å². The van der Waals surface area contributed by atoms with Crippen molar-refractivity contribution in [2.45, 2.75) is 6.42 Å². The first-order valence-electron chi connectivity index (χ1n) is 4.38. The SMILES string of the molecule is Nc1cn[nH]c1Cc1cc(F)ccc1Cl. The van der Waals surface area contributed by atoms with Crippen LogP contribution in [-0.2, 0) is 6.42 Å². The van der Waals surface area contributed by atoms with E-state index in [2.05, 4.69) is 10.2 Å². The lowest BCUT2D eigenvalue weighted by Crippen LogP contribution is -1.95. The maximum absolute atomic E-state index is 13.0. The third-order valence-corrected chi connectivity index (χ3v) is 2.50. The predicted molar refractivity (Wildman–Crippen MR) is 57.2 cm³/mol. The number of aromatic amines is 1. The molecule has 0 aliphatic rings. The van der Waals surface area contributed by atoms with Gasteiger partial charge in [-0.25, -0.2) is 4.39 Å². The van der Waals surface area contributed by atoms with Crippen molar-refractivity contribution in [2.24, 2.45) is 0 Å². The van der Waals surface area contributed by atoms with E-state index >= 15 is 0 Å². The Kier molecular flexibility index (Phi) is 2.60. The molecule has 0 spiro atoms. The van der Waals surface area contributed by atoms with E-state index in [1.807, 2.05) is 0 Å². The molecule has 0 unspecified atom stereocenters. The zero-order chi connectivity index (χ0) is 10.8. The molecule has 2 aromatic rings. The fourth-order valence-electron chi connectivity index (χ4n) is 1.33. The van der Waals surface area contributed by atoms with E-state index in [1.54, 1.807) is 0 Å². The minimum atomic E-state index is -0.313. The number of anilines is 1. The molecule has 0 atom stereocenters. The molecule has 0 amide bonds. The normalized spacial score (nSPS) is 10.5. The van der Waals surface area contributed by atoms with Crippen LogP contribution in [0.2, 0.25) is 5.02 Å². The second-order valence-corrected chi connectivity index (χ2v) is 3.62. The van der Waals surface area contributed by atoms with Crippen LogP contribution in [0.1, 0.15) is 11.3 Å². The van der Waals surface area contributed by atoms with Crippen LogP contribution in [0.3, 0.4) is 0 Å². The average molecular weight is 226 g/mol. The Morgan fingerprint density at radius 1 is 1.47 bits per heavy atom. The van der Waals surface area contributed by atoms with Gasteiger partial charge in [-0.15, -0.1) is 0 Å². The molecule has 0 bridgehead atoms. The molecule has 2 rings (SSSR count). The maximum Gasteiger partial charge on any atom is 0.123 e. The van der Waals surface area contributed by atoms with Crippen LogP contribution in [0.4, 0.5) is 10.1 Å². The molecule has 0 aliphatic heterocycles. The van der Waals surface area contributed by atoms with Gasteiger partial charge in [0.25, 0.3) is 0 Å². The van der Waals surface area contributed by atoms with Crippen molar-refractivity contribution in [3.8, 4) is 0 Å².